The first-order valence-corrected chi connectivity index (χ1v) is 9.10. The molecule has 0 N–H and O–H groups in total. The molecule has 1 heterocycles. The number of methoxy groups -OCH3 is 2. The fraction of sp³-hybridized carbons (Fsp3) is 0.273. The van der Waals surface area contributed by atoms with Gasteiger partial charge in [-0.3, -0.25) is 4.79 Å². The number of Topliss-reactive ketones (excluding diaryl/α,β-unsaturated/α-hetero) is 1. The molecule has 0 unspecified atom stereocenters. The molecule has 29 heavy (non-hydrogen) atoms. The maximum atomic E-state index is 12.6. The molecule has 2 aromatic rings. The number of rotatable bonds is 7. The lowest BCUT2D eigenvalue weighted by Gasteiger charge is -2.13. The first-order chi connectivity index (χ1) is 14.0. The average Bonchev–Trinajstić information content (AvgIpc) is 3.02. The summed E-state index contributed by atoms with van der Waals surface area (Å²) in [6.07, 6.45) is 0.860. The van der Waals surface area contributed by atoms with Crippen molar-refractivity contribution in [1.82, 2.24) is 0 Å². The Balaban J connectivity index is 1.80. The first kappa shape index (κ1) is 20.3. The quantitative estimate of drug-likeness (QED) is 0.520. The number of hydrogen-bond acceptors (Lipinski definition) is 7. The van der Waals surface area contributed by atoms with Crippen LogP contribution in [0.3, 0.4) is 0 Å². The molecular weight excluding hydrogens is 376 g/mol. The van der Waals surface area contributed by atoms with Crippen LogP contribution in [0.1, 0.15) is 29.8 Å². The Hall–Kier alpha value is -3.48. The van der Waals surface area contributed by atoms with E-state index in [0.29, 0.717) is 28.6 Å². The van der Waals surface area contributed by atoms with Crippen molar-refractivity contribution in [3.8, 4) is 23.0 Å². The summed E-state index contributed by atoms with van der Waals surface area (Å²) in [6.45, 7) is 3.60. The number of esters is 1. The van der Waals surface area contributed by atoms with Gasteiger partial charge in [-0.1, -0.05) is 6.07 Å². The Morgan fingerprint density at radius 3 is 2.55 bits per heavy atom. The fourth-order valence-electron chi connectivity index (χ4n) is 2.85. The summed E-state index contributed by atoms with van der Waals surface area (Å²) >= 11 is 0. The van der Waals surface area contributed by atoms with E-state index in [-0.39, 0.29) is 18.1 Å². The molecule has 0 aromatic heterocycles. The molecular formula is C22H22O7. The number of carbonyl (C=O) groups excluding carboxylic acids is 2. The van der Waals surface area contributed by atoms with E-state index in [4.69, 9.17) is 23.7 Å². The van der Waals surface area contributed by atoms with Crippen molar-refractivity contribution in [2.75, 3.05) is 20.8 Å². The number of benzene rings is 2. The molecule has 1 atom stereocenters. The van der Waals surface area contributed by atoms with E-state index in [0.717, 1.165) is 5.56 Å². The fourth-order valence-corrected chi connectivity index (χ4v) is 2.85. The maximum absolute atomic E-state index is 12.6. The second-order valence-corrected chi connectivity index (χ2v) is 6.22. The molecule has 7 heteroatoms. The minimum Gasteiger partial charge on any atom is -0.493 e. The van der Waals surface area contributed by atoms with E-state index in [2.05, 4.69) is 0 Å². The van der Waals surface area contributed by atoms with Gasteiger partial charge in [-0.05, 0) is 49.8 Å². The summed E-state index contributed by atoms with van der Waals surface area (Å²) in [4.78, 5) is 24.4. The van der Waals surface area contributed by atoms with Crippen LogP contribution < -0.4 is 18.9 Å². The topological polar surface area (TPSA) is 80.3 Å². The van der Waals surface area contributed by atoms with Crippen molar-refractivity contribution in [3.05, 3.63) is 53.3 Å². The van der Waals surface area contributed by atoms with Gasteiger partial charge in [0, 0.05) is 6.07 Å². The largest absolute Gasteiger partial charge is 0.493 e. The van der Waals surface area contributed by atoms with Crippen LogP contribution in [0.4, 0.5) is 0 Å². The predicted molar refractivity (Wildman–Crippen MR) is 106 cm³/mol. The lowest BCUT2D eigenvalue weighted by atomic mass is 10.1. The number of fused-ring (bicyclic) bond motifs is 1. The molecule has 0 amide bonds. The Bertz CT molecular complexity index is 962. The van der Waals surface area contributed by atoms with Gasteiger partial charge >= 0.3 is 5.97 Å². The van der Waals surface area contributed by atoms with Gasteiger partial charge in [0.05, 0.1) is 26.4 Å². The molecule has 0 spiro atoms. The molecule has 0 radical (unpaired) electrons. The molecule has 0 aliphatic carbocycles. The van der Waals surface area contributed by atoms with Crippen LogP contribution in [-0.4, -0.2) is 38.7 Å². The van der Waals surface area contributed by atoms with E-state index >= 15 is 0 Å². The molecule has 0 bridgehead atoms. The van der Waals surface area contributed by atoms with Crippen LogP contribution in [0.25, 0.3) is 6.08 Å². The zero-order chi connectivity index (χ0) is 21.0. The highest BCUT2D eigenvalue weighted by atomic mass is 16.6. The summed E-state index contributed by atoms with van der Waals surface area (Å²) in [7, 11) is 3.10. The van der Waals surface area contributed by atoms with E-state index in [1.807, 2.05) is 0 Å². The summed E-state index contributed by atoms with van der Waals surface area (Å²) in [6, 6.07) is 10.1. The number of ether oxygens (including phenoxy) is 5. The number of carbonyl (C=O) groups is 2. The Labute approximate surface area is 168 Å². The number of allylic oxidation sites excluding steroid dienone is 1. The summed E-state index contributed by atoms with van der Waals surface area (Å²) in [5, 5.41) is 0. The van der Waals surface area contributed by atoms with Crippen LogP contribution in [0, 0.1) is 0 Å². The van der Waals surface area contributed by atoms with Gasteiger partial charge in [0.1, 0.15) is 11.5 Å². The van der Waals surface area contributed by atoms with Crippen LogP contribution >= 0.6 is 0 Å². The maximum Gasteiger partial charge on any atom is 0.347 e. The highest BCUT2D eigenvalue weighted by Crippen LogP contribution is 2.36. The smallest absolute Gasteiger partial charge is 0.347 e. The third-order valence-corrected chi connectivity index (χ3v) is 4.28. The second-order valence-electron chi connectivity index (χ2n) is 6.22. The first-order valence-electron chi connectivity index (χ1n) is 9.10. The lowest BCUT2D eigenvalue weighted by Crippen LogP contribution is -2.26. The number of hydrogen-bond donors (Lipinski definition) is 0. The molecule has 1 aliphatic heterocycles. The zero-order valence-corrected chi connectivity index (χ0v) is 16.7. The summed E-state index contributed by atoms with van der Waals surface area (Å²) < 4.78 is 26.7. The lowest BCUT2D eigenvalue weighted by molar-refractivity contribution is -0.150. The minimum absolute atomic E-state index is 0.183. The average molecular weight is 398 g/mol. The van der Waals surface area contributed by atoms with Crippen molar-refractivity contribution in [1.29, 1.82) is 0 Å². The molecule has 2 aromatic carbocycles. The predicted octanol–water partition coefficient (Wildman–Crippen LogP) is 3.65. The monoisotopic (exact) mass is 398 g/mol. The van der Waals surface area contributed by atoms with Crippen molar-refractivity contribution in [2.24, 2.45) is 0 Å². The van der Waals surface area contributed by atoms with Gasteiger partial charge in [-0.15, -0.1) is 0 Å². The highest BCUT2D eigenvalue weighted by molar-refractivity contribution is 6.14. The Morgan fingerprint density at radius 2 is 1.86 bits per heavy atom. The van der Waals surface area contributed by atoms with Crippen LogP contribution in [0.2, 0.25) is 0 Å². The second kappa shape index (κ2) is 8.68. The van der Waals surface area contributed by atoms with Gasteiger partial charge in [0.15, 0.2) is 23.4 Å². The van der Waals surface area contributed by atoms with Crippen molar-refractivity contribution >= 4 is 17.8 Å². The van der Waals surface area contributed by atoms with Crippen LogP contribution in [0.5, 0.6) is 23.0 Å². The molecule has 152 valence electrons. The standard InChI is InChI=1S/C22H22O7/c1-5-27-22(24)13(2)28-15-7-8-16-18(12-15)29-20(21(16)23)11-14-6-9-17(25-3)19(10-14)26-4/h6-13H,5H2,1-4H3/t13-/m1/s1. The normalized spacial score (nSPS) is 14.8. The molecule has 0 saturated heterocycles. The summed E-state index contributed by atoms with van der Waals surface area (Å²) in [5.74, 6) is 1.41. The third kappa shape index (κ3) is 4.34. The van der Waals surface area contributed by atoms with Gasteiger partial charge in [0.2, 0.25) is 5.78 Å². The van der Waals surface area contributed by atoms with Gasteiger partial charge < -0.3 is 23.7 Å². The number of ketones is 1. The molecule has 0 fully saturated rings. The van der Waals surface area contributed by atoms with Crippen LogP contribution in [-0.2, 0) is 9.53 Å². The molecule has 3 rings (SSSR count). The summed E-state index contributed by atoms with van der Waals surface area (Å²) in [5.41, 5.74) is 1.15. The van der Waals surface area contributed by atoms with Gasteiger partial charge in [-0.2, -0.15) is 0 Å². The van der Waals surface area contributed by atoms with Crippen molar-refractivity contribution in [3.63, 3.8) is 0 Å². The Morgan fingerprint density at radius 1 is 1.10 bits per heavy atom. The van der Waals surface area contributed by atoms with Gasteiger partial charge in [-0.25, -0.2) is 4.79 Å². The van der Waals surface area contributed by atoms with Gasteiger partial charge in [0.25, 0.3) is 0 Å². The highest BCUT2D eigenvalue weighted by Gasteiger charge is 2.28. The Kier molecular flexibility index (Phi) is 6.07. The molecule has 7 nitrogen and oxygen atoms in total. The van der Waals surface area contributed by atoms with E-state index in [9.17, 15) is 9.59 Å². The van der Waals surface area contributed by atoms with Crippen molar-refractivity contribution < 1.29 is 33.3 Å². The minimum atomic E-state index is -0.771. The molecule has 1 aliphatic rings. The van der Waals surface area contributed by atoms with Crippen LogP contribution in [0.15, 0.2) is 42.2 Å². The van der Waals surface area contributed by atoms with Crippen molar-refractivity contribution in [2.45, 2.75) is 20.0 Å². The third-order valence-electron chi connectivity index (χ3n) is 4.28. The SMILES string of the molecule is CCOC(=O)[C@@H](C)Oc1ccc2c(c1)OC(=Cc1ccc(OC)c(OC)c1)C2=O. The van der Waals surface area contributed by atoms with E-state index < -0.39 is 12.1 Å². The van der Waals surface area contributed by atoms with E-state index in [1.54, 1.807) is 70.5 Å². The van der Waals surface area contributed by atoms with E-state index in [1.165, 1.54) is 0 Å². The molecule has 0 saturated carbocycles. The zero-order valence-electron chi connectivity index (χ0n) is 16.7.